The molecule has 0 spiro atoms. The highest BCUT2D eigenvalue weighted by atomic mass is 32.1. The van der Waals surface area contributed by atoms with Crippen LogP contribution in [0, 0.1) is 0 Å². The summed E-state index contributed by atoms with van der Waals surface area (Å²) in [6, 6.07) is 65.8. The highest BCUT2D eigenvalue weighted by Crippen LogP contribution is 2.53. The van der Waals surface area contributed by atoms with Crippen LogP contribution in [-0.2, 0) is 16.2 Å². The predicted octanol–water partition coefficient (Wildman–Crippen LogP) is 16.4. The van der Waals surface area contributed by atoms with Gasteiger partial charge in [0, 0.05) is 75.8 Å². The number of imidazole rings is 1. The number of para-hydroxylation sites is 1. The van der Waals surface area contributed by atoms with Gasteiger partial charge in [0.2, 0.25) is 0 Å². The fourth-order valence-electron chi connectivity index (χ4n) is 12.0. The molecule has 0 unspecified atom stereocenters. The summed E-state index contributed by atoms with van der Waals surface area (Å²) in [6.07, 6.45) is 0. The SMILES string of the molecule is CC(C)(C)c1ccc(Nc2cc3c(cc2-c2ccc4c5cc6sc7ccccc7c6cc5n5c4c2[B]c2cc4nc(-c6ccccc6)n(-c6ccccc6)c4cc2-5)C(C)(C)c2cc(C(C)(C)C)ccc2-3)cc1. The number of rotatable bonds is 5. The molecule has 0 saturated heterocycles. The van der Waals surface area contributed by atoms with Crippen molar-refractivity contribution < 1.29 is 0 Å². The Kier molecular flexibility index (Phi) is 9.10. The van der Waals surface area contributed by atoms with Gasteiger partial charge in [0.15, 0.2) is 7.28 Å². The molecule has 0 bridgehead atoms. The lowest BCUT2D eigenvalue weighted by atomic mass is 9.59. The number of benzene rings is 9. The molecule has 72 heavy (non-hydrogen) atoms. The molecule has 4 heterocycles. The summed E-state index contributed by atoms with van der Waals surface area (Å²) in [6.45, 7) is 18.6. The first-order valence-corrected chi connectivity index (χ1v) is 26.2. The lowest BCUT2D eigenvalue weighted by molar-refractivity contribution is 0.584. The van der Waals surface area contributed by atoms with Gasteiger partial charge in [-0.15, -0.1) is 11.3 Å². The molecule has 4 nitrogen and oxygen atoms in total. The van der Waals surface area contributed by atoms with Gasteiger partial charge in [0.05, 0.1) is 16.6 Å². The average Bonchev–Trinajstić information content (AvgIpc) is 4.09. The van der Waals surface area contributed by atoms with E-state index < -0.39 is 0 Å². The zero-order chi connectivity index (χ0) is 49.0. The van der Waals surface area contributed by atoms with E-state index in [2.05, 4.69) is 253 Å². The van der Waals surface area contributed by atoms with Gasteiger partial charge in [-0.1, -0.05) is 170 Å². The minimum Gasteiger partial charge on any atom is -0.355 e. The van der Waals surface area contributed by atoms with Crippen LogP contribution in [0.4, 0.5) is 11.4 Å². The van der Waals surface area contributed by atoms with Crippen LogP contribution in [0.1, 0.15) is 77.6 Å². The highest BCUT2D eigenvalue weighted by molar-refractivity contribution is 7.25. The first-order chi connectivity index (χ1) is 34.7. The molecule has 347 valence electrons. The number of hydrogen-bond donors (Lipinski definition) is 1. The molecule has 0 saturated carbocycles. The number of fused-ring (bicyclic) bond motifs is 12. The molecular formula is C66H54BN4S. The summed E-state index contributed by atoms with van der Waals surface area (Å²) < 4.78 is 7.53. The molecule has 0 amide bonds. The third kappa shape index (κ3) is 6.41. The van der Waals surface area contributed by atoms with E-state index in [1.54, 1.807) is 0 Å². The van der Waals surface area contributed by atoms with Crippen LogP contribution in [-0.4, -0.2) is 21.4 Å². The van der Waals surface area contributed by atoms with Crippen LogP contribution in [0.3, 0.4) is 0 Å². The molecule has 0 atom stereocenters. The Bertz CT molecular complexity index is 4230. The van der Waals surface area contributed by atoms with Crippen molar-refractivity contribution in [2.75, 3.05) is 5.32 Å². The molecule has 1 aliphatic heterocycles. The molecule has 1 N–H and O–H groups in total. The van der Waals surface area contributed by atoms with Crippen LogP contribution in [0.2, 0.25) is 0 Å². The van der Waals surface area contributed by atoms with Gasteiger partial charge >= 0.3 is 0 Å². The first kappa shape index (κ1) is 43.2. The van der Waals surface area contributed by atoms with Gasteiger partial charge in [-0.3, -0.25) is 4.57 Å². The Balaban J connectivity index is 1.05. The molecule has 12 aromatic rings. The second-order valence-electron chi connectivity index (χ2n) is 22.8. The van der Waals surface area contributed by atoms with Gasteiger partial charge < -0.3 is 9.88 Å². The molecule has 1 aliphatic carbocycles. The Morgan fingerprint density at radius 3 is 1.99 bits per heavy atom. The fourth-order valence-corrected chi connectivity index (χ4v) is 13.1. The Hall–Kier alpha value is -7.67. The molecule has 0 fully saturated rings. The van der Waals surface area contributed by atoms with Crippen molar-refractivity contribution in [3.8, 4) is 45.0 Å². The minimum atomic E-state index is -0.214. The maximum Gasteiger partial charge on any atom is 0.198 e. The van der Waals surface area contributed by atoms with Gasteiger partial charge in [-0.2, -0.15) is 0 Å². The van der Waals surface area contributed by atoms with Crippen LogP contribution < -0.4 is 16.2 Å². The van der Waals surface area contributed by atoms with Gasteiger partial charge in [-0.25, -0.2) is 4.98 Å². The molecule has 2 aliphatic rings. The summed E-state index contributed by atoms with van der Waals surface area (Å²) in [5.74, 6) is 0.925. The van der Waals surface area contributed by atoms with E-state index in [4.69, 9.17) is 4.98 Å². The number of nitrogens with zero attached hydrogens (tertiary/aromatic N) is 3. The second-order valence-corrected chi connectivity index (χ2v) is 23.9. The lowest BCUT2D eigenvalue weighted by Gasteiger charge is -2.27. The number of nitrogens with one attached hydrogen (secondary N) is 1. The van der Waals surface area contributed by atoms with Crippen molar-refractivity contribution in [1.82, 2.24) is 14.1 Å². The Morgan fingerprint density at radius 2 is 1.22 bits per heavy atom. The standard InChI is InChI=1S/C66H54BN4S/c1-64(2,3)39-23-26-41(27-24-39)68-54-33-47-43-28-25-40(65(4,5)6)31-51(43)66(7,8)52(47)32-48(54)45-29-30-46-49-35-60-50(44-21-15-16-22-59(44)72-60)34-56(49)71-57-37-58-55(36-53(57)67-61(45)62(46)71)69-63(38-17-11-9-12-18-38)70(58)42-19-13-10-14-20-42/h9-37,68H,1-8H3. The van der Waals surface area contributed by atoms with Gasteiger partial charge in [0.25, 0.3) is 0 Å². The topological polar surface area (TPSA) is 34.8 Å². The summed E-state index contributed by atoms with van der Waals surface area (Å²) in [4.78, 5) is 5.47. The number of thiophene rings is 1. The third-order valence-electron chi connectivity index (χ3n) is 15.9. The molecule has 9 aromatic carbocycles. The van der Waals surface area contributed by atoms with Crippen LogP contribution in [0.25, 0.3) is 98.0 Å². The zero-order valence-electron chi connectivity index (χ0n) is 42.1. The van der Waals surface area contributed by atoms with E-state index in [9.17, 15) is 0 Å². The molecule has 14 rings (SSSR count). The maximum absolute atomic E-state index is 5.47. The van der Waals surface area contributed by atoms with Crippen LogP contribution in [0.5, 0.6) is 0 Å². The average molecular weight is 946 g/mol. The molecule has 1 radical (unpaired) electrons. The van der Waals surface area contributed by atoms with Crippen LogP contribution in [0.15, 0.2) is 176 Å². The van der Waals surface area contributed by atoms with E-state index in [1.807, 2.05) is 11.3 Å². The molecular weight excluding hydrogens is 892 g/mol. The molecule has 3 aromatic heterocycles. The van der Waals surface area contributed by atoms with Crippen molar-refractivity contribution >= 4 is 93.9 Å². The summed E-state index contributed by atoms with van der Waals surface area (Å²) in [5.41, 5.74) is 22.6. The van der Waals surface area contributed by atoms with E-state index >= 15 is 0 Å². The smallest absolute Gasteiger partial charge is 0.198 e. The quantitative estimate of drug-likeness (QED) is 0.175. The van der Waals surface area contributed by atoms with E-state index in [-0.39, 0.29) is 16.2 Å². The highest BCUT2D eigenvalue weighted by Gasteiger charge is 2.38. The normalized spacial score (nSPS) is 13.8. The maximum atomic E-state index is 5.47. The summed E-state index contributed by atoms with van der Waals surface area (Å²) in [5, 5.41) is 9.12. The molecule has 6 heteroatoms. The Morgan fingerprint density at radius 1 is 0.528 bits per heavy atom. The fraction of sp³-hybridized carbons (Fsp3) is 0.167. The van der Waals surface area contributed by atoms with Crippen molar-refractivity contribution in [2.45, 2.75) is 71.6 Å². The van der Waals surface area contributed by atoms with Gasteiger partial charge in [-0.05, 0) is 122 Å². The number of hydrogen-bond acceptors (Lipinski definition) is 3. The van der Waals surface area contributed by atoms with Crippen molar-refractivity contribution in [1.29, 1.82) is 0 Å². The monoisotopic (exact) mass is 945 g/mol. The minimum absolute atomic E-state index is 0.0379. The van der Waals surface area contributed by atoms with Crippen molar-refractivity contribution in [3.63, 3.8) is 0 Å². The first-order valence-electron chi connectivity index (χ1n) is 25.4. The third-order valence-corrected chi connectivity index (χ3v) is 17.0. The largest absolute Gasteiger partial charge is 0.355 e. The summed E-state index contributed by atoms with van der Waals surface area (Å²) >= 11 is 1.89. The van der Waals surface area contributed by atoms with Crippen molar-refractivity contribution in [3.05, 3.63) is 198 Å². The number of anilines is 2. The van der Waals surface area contributed by atoms with E-state index in [0.717, 1.165) is 50.6 Å². The Labute approximate surface area is 425 Å². The predicted molar refractivity (Wildman–Crippen MR) is 309 cm³/mol. The van der Waals surface area contributed by atoms with Gasteiger partial charge in [0.1, 0.15) is 5.82 Å². The second kappa shape index (κ2) is 15.2. The van der Waals surface area contributed by atoms with E-state index in [1.165, 1.54) is 91.9 Å². The van der Waals surface area contributed by atoms with E-state index in [0.29, 0.717) is 0 Å². The zero-order valence-corrected chi connectivity index (χ0v) is 42.9. The summed E-state index contributed by atoms with van der Waals surface area (Å²) in [7, 11) is 2.46. The number of aromatic nitrogens is 3. The van der Waals surface area contributed by atoms with Crippen LogP contribution >= 0.6 is 11.3 Å². The van der Waals surface area contributed by atoms with Crippen molar-refractivity contribution in [2.24, 2.45) is 0 Å². The lowest BCUT2D eigenvalue weighted by Crippen LogP contribution is -2.37.